The first-order valence-electron chi connectivity index (χ1n) is 5.06. The van der Waals surface area contributed by atoms with Crippen LogP contribution in [0.5, 0.6) is 5.75 Å². The Labute approximate surface area is 107 Å². The van der Waals surface area contributed by atoms with E-state index in [1.807, 2.05) is 24.3 Å². The Morgan fingerprint density at radius 3 is 2.69 bits per heavy atom. The summed E-state index contributed by atoms with van der Waals surface area (Å²) in [4.78, 5) is 0. The Balaban J connectivity index is 3.03. The molecule has 0 spiro atoms. The van der Waals surface area contributed by atoms with Gasteiger partial charge in [-0.25, -0.2) is 0 Å². The molecule has 0 aliphatic heterocycles. The molecular formula is C13H16Cl2O. The third-order valence-corrected chi connectivity index (χ3v) is 3.48. The fourth-order valence-electron chi connectivity index (χ4n) is 1.49. The highest BCUT2D eigenvalue weighted by Gasteiger charge is 2.21. The van der Waals surface area contributed by atoms with Crippen molar-refractivity contribution in [3.8, 4) is 5.75 Å². The third kappa shape index (κ3) is 3.16. The van der Waals surface area contributed by atoms with Crippen molar-refractivity contribution in [3.05, 3.63) is 41.4 Å². The Kier molecular flexibility index (Phi) is 4.69. The first-order valence-corrected chi connectivity index (χ1v) is 5.98. The summed E-state index contributed by atoms with van der Waals surface area (Å²) in [6.07, 6.45) is 2.64. The lowest BCUT2D eigenvalue weighted by Gasteiger charge is -2.23. The minimum Gasteiger partial charge on any atom is -0.496 e. The van der Waals surface area contributed by atoms with Crippen LogP contribution in [0.4, 0.5) is 0 Å². The third-order valence-electron chi connectivity index (χ3n) is 2.63. The van der Waals surface area contributed by atoms with Gasteiger partial charge in [-0.05, 0) is 30.2 Å². The molecule has 16 heavy (non-hydrogen) atoms. The summed E-state index contributed by atoms with van der Waals surface area (Å²) < 4.78 is 5.30. The molecule has 3 heteroatoms. The lowest BCUT2D eigenvalue weighted by atomic mass is 9.85. The van der Waals surface area contributed by atoms with Crippen molar-refractivity contribution in [1.82, 2.24) is 0 Å². The van der Waals surface area contributed by atoms with Gasteiger partial charge in [-0.15, -0.1) is 18.2 Å². The largest absolute Gasteiger partial charge is 0.496 e. The van der Waals surface area contributed by atoms with E-state index in [2.05, 4.69) is 13.5 Å². The molecule has 1 unspecified atom stereocenters. The predicted octanol–water partition coefficient (Wildman–Crippen LogP) is 4.32. The number of hydrogen-bond donors (Lipinski definition) is 0. The number of methoxy groups -OCH3 is 1. The Hall–Kier alpha value is -0.660. The van der Waals surface area contributed by atoms with Gasteiger partial charge in [-0.1, -0.05) is 24.6 Å². The molecule has 0 aromatic heterocycles. The molecular weight excluding hydrogens is 243 g/mol. The Morgan fingerprint density at radius 1 is 1.50 bits per heavy atom. The minimum atomic E-state index is -0.139. The number of ether oxygens (including phenoxy) is 1. The van der Waals surface area contributed by atoms with E-state index in [4.69, 9.17) is 27.9 Å². The summed E-state index contributed by atoms with van der Waals surface area (Å²) in [5.41, 5.74) is 0.914. The van der Waals surface area contributed by atoms with Crippen molar-refractivity contribution in [2.75, 3.05) is 13.0 Å². The monoisotopic (exact) mass is 258 g/mol. The van der Waals surface area contributed by atoms with Gasteiger partial charge in [0.25, 0.3) is 0 Å². The van der Waals surface area contributed by atoms with Gasteiger partial charge in [-0.3, -0.25) is 0 Å². The summed E-state index contributed by atoms with van der Waals surface area (Å²) in [6.45, 7) is 5.88. The molecule has 1 atom stereocenters. The van der Waals surface area contributed by atoms with E-state index in [-0.39, 0.29) is 5.41 Å². The van der Waals surface area contributed by atoms with Crippen LogP contribution in [-0.2, 0) is 6.42 Å². The van der Waals surface area contributed by atoms with Gasteiger partial charge in [0.05, 0.1) is 7.11 Å². The van der Waals surface area contributed by atoms with Crippen molar-refractivity contribution in [2.45, 2.75) is 13.3 Å². The van der Waals surface area contributed by atoms with Gasteiger partial charge < -0.3 is 4.74 Å². The standard InChI is InChI=1S/C13H16Cl2O/c1-4-13(2,9-14)8-10-7-11(15)5-6-12(10)16-3/h4-7H,1,8-9H2,2-3H3. The van der Waals surface area contributed by atoms with Crippen molar-refractivity contribution >= 4 is 23.2 Å². The van der Waals surface area contributed by atoms with E-state index >= 15 is 0 Å². The van der Waals surface area contributed by atoms with Crippen LogP contribution in [0.25, 0.3) is 0 Å². The molecule has 0 saturated carbocycles. The van der Waals surface area contributed by atoms with E-state index < -0.39 is 0 Å². The summed E-state index contributed by atoms with van der Waals surface area (Å²) in [5.74, 6) is 1.36. The van der Waals surface area contributed by atoms with E-state index in [9.17, 15) is 0 Å². The quantitative estimate of drug-likeness (QED) is 0.565. The topological polar surface area (TPSA) is 9.23 Å². The minimum absolute atomic E-state index is 0.139. The Bertz CT molecular complexity index is 376. The molecule has 0 aliphatic rings. The summed E-state index contributed by atoms with van der Waals surface area (Å²) >= 11 is 11.9. The van der Waals surface area contributed by atoms with Gasteiger partial charge in [0, 0.05) is 16.3 Å². The maximum absolute atomic E-state index is 5.97. The number of rotatable bonds is 5. The van der Waals surface area contributed by atoms with Crippen LogP contribution in [0.3, 0.4) is 0 Å². The molecule has 0 bridgehead atoms. The van der Waals surface area contributed by atoms with Crippen molar-refractivity contribution in [3.63, 3.8) is 0 Å². The van der Waals surface area contributed by atoms with Crippen LogP contribution in [-0.4, -0.2) is 13.0 Å². The average Bonchev–Trinajstić information content (AvgIpc) is 2.29. The van der Waals surface area contributed by atoms with E-state index in [0.717, 1.165) is 17.7 Å². The second-order valence-electron chi connectivity index (χ2n) is 4.12. The molecule has 0 N–H and O–H groups in total. The number of hydrogen-bond acceptors (Lipinski definition) is 1. The molecule has 0 fully saturated rings. The Morgan fingerprint density at radius 2 is 2.19 bits per heavy atom. The van der Waals surface area contributed by atoms with Crippen molar-refractivity contribution < 1.29 is 4.74 Å². The van der Waals surface area contributed by atoms with Crippen LogP contribution in [0.1, 0.15) is 12.5 Å². The number of alkyl halides is 1. The lowest BCUT2D eigenvalue weighted by molar-refractivity contribution is 0.398. The molecule has 0 aliphatic carbocycles. The molecule has 1 rings (SSSR count). The van der Waals surface area contributed by atoms with Crippen molar-refractivity contribution in [1.29, 1.82) is 0 Å². The van der Waals surface area contributed by atoms with Crippen LogP contribution in [0.15, 0.2) is 30.9 Å². The first kappa shape index (κ1) is 13.4. The summed E-state index contributed by atoms with van der Waals surface area (Å²) in [5, 5.41) is 0.705. The van der Waals surface area contributed by atoms with E-state index in [1.165, 1.54) is 0 Å². The molecule has 0 heterocycles. The van der Waals surface area contributed by atoms with E-state index in [0.29, 0.717) is 10.9 Å². The highest BCUT2D eigenvalue weighted by Crippen LogP contribution is 2.31. The van der Waals surface area contributed by atoms with Crippen LogP contribution in [0.2, 0.25) is 5.02 Å². The zero-order valence-electron chi connectivity index (χ0n) is 9.59. The van der Waals surface area contributed by atoms with Crippen LogP contribution >= 0.6 is 23.2 Å². The second-order valence-corrected chi connectivity index (χ2v) is 4.83. The van der Waals surface area contributed by atoms with Gasteiger partial charge in [0.15, 0.2) is 0 Å². The molecule has 1 aromatic carbocycles. The first-order chi connectivity index (χ1) is 7.54. The molecule has 1 nitrogen and oxygen atoms in total. The summed E-state index contributed by atoms with van der Waals surface area (Å²) in [6, 6.07) is 5.60. The number of benzene rings is 1. The van der Waals surface area contributed by atoms with Crippen LogP contribution < -0.4 is 4.74 Å². The molecule has 0 amide bonds. The van der Waals surface area contributed by atoms with Crippen molar-refractivity contribution in [2.24, 2.45) is 5.41 Å². The molecule has 1 aromatic rings. The van der Waals surface area contributed by atoms with Gasteiger partial charge in [0.1, 0.15) is 5.75 Å². The zero-order valence-corrected chi connectivity index (χ0v) is 11.1. The van der Waals surface area contributed by atoms with Gasteiger partial charge >= 0.3 is 0 Å². The SMILES string of the molecule is C=CC(C)(CCl)Cc1cc(Cl)ccc1OC. The fourth-order valence-corrected chi connectivity index (χ4v) is 1.89. The smallest absolute Gasteiger partial charge is 0.122 e. The van der Waals surface area contributed by atoms with E-state index in [1.54, 1.807) is 7.11 Å². The van der Waals surface area contributed by atoms with Gasteiger partial charge in [-0.2, -0.15) is 0 Å². The highest BCUT2D eigenvalue weighted by molar-refractivity contribution is 6.30. The predicted molar refractivity (Wildman–Crippen MR) is 70.7 cm³/mol. The maximum atomic E-state index is 5.97. The normalized spacial score (nSPS) is 14.2. The molecule has 88 valence electrons. The lowest BCUT2D eigenvalue weighted by Crippen LogP contribution is -2.18. The highest BCUT2D eigenvalue weighted by atomic mass is 35.5. The average molecular weight is 259 g/mol. The van der Waals surface area contributed by atoms with Crippen LogP contribution in [0, 0.1) is 5.41 Å². The number of allylic oxidation sites excluding steroid dienone is 1. The number of halogens is 2. The zero-order chi connectivity index (χ0) is 12.2. The molecule has 0 radical (unpaired) electrons. The summed E-state index contributed by atoms with van der Waals surface area (Å²) in [7, 11) is 1.65. The maximum Gasteiger partial charge on any atom is 0.122 e. The fraction of sp³-hybridized carbons (Fsp3) is 0.385. The second kappa shape index (κ2) is 5.60. The molecule has 0 saturated heterocycles. The van der Waals surface area contributed by atoms with Gasteiger partial charge in [0.2, 0.25) is 0 Å².